The quantitative estimate of drug-likeness (QED) is 0.327. The molecule has 0 spiro atoms. The van der Waals surface area contributed by atoms with Gasteiger partial charge in [0.1, 0.15) is 6.17 Å². The highest BCUT2D eigenvalue weighted by molar-refractivity contribution is 5.96. The van der Waals surface area contributed by atoms with E-state index in [4.69, 9.17) is 4.52 Å². The van der Waals surface area contributed by atoms with Crippen LogP contribution in [0, 0.1) is 0 Å². The number of alkyl halides is 1. The summed E-state index contributed by atoms with van der Waals surface area (Å²) in [4.78, 5) is 19.1. The summed E-state index contributed by atoms with van der Waals surface area (Å²) < 4.78 is 24.3. The SMILES string of the molecule is C=CCn1c(-c2noc(CNC(=O)c3cnn(C)c3)n2)cc2c(N[C@@H]3CCN(C(C)(C)C)C[C@@H]3F)cccc21. The number of benzene rings is 1. The van der Waals surface area contributed by atoms with Gasteiger partial charge in [0.05, 0.1) is 35.6 Å². The van der Waals surface area contributed by atoms with Crippen LogP contribution in [0.15, 0.2) is 53.8 Å². The lowest BCUT2D eigenvalue weighted by Crippen LogP contribution is -2.54. The number of carbonyl (C=O) groups is 1. The first-order valence-corrected chi connectivity index (χ1v) is 13.1. The number of aromatic nitrogens is 5. The topological polar surface area (TPSA) is 106 Å². The summed E-state index contributed by atoms with van der Waals surface area (Å²) in [5.74, 6) is 0.396. The molecule has 0 radical (unpaired) electrons. The highest BCUT2D eigenvalue weighted by Gasteiger charge is 2.34. The molecule has 1 fully saturated rings. The molecule has 1 amide bonds. The van der Waals surface area contributed by atoms with Gasteiger partial charge in [-0.05, 0) is 45.4 Å². The predicted octanol–water partition coefficient (Wildman–Crippen LogP) is 4.16. The average molecular weight is 535 g/mol. The molecule has 4 heterocycles. The second-order valence-corrected chi connectivity index (χ2v) is 10.9. The summed E-state index contributed by atoms with van der Waals surface area (Å²) in [6.45, 7) is 12.1. The Labute approximate surface area is 226 Å². The first-order chi connectivity index (χ1) is 18.6. The van der Waals surface area contributed by atoms with Gasteiger partial charge in [-0.3, -0.25) is 14.4 Å². The lowest BCUT2D eigenvalue weighted by molar-refractivity contribution is 0.0554. The molecule has 10 nitrogen and oxygen atoms in total. The molecule has 206 valence electrons. The number of halogens is 1. The zero-order valence-corrected chi connectivity index (χ0v) is 22.8. The molecule has 0 saturated carbocycles. The zero-order chi connectivity index (χ0) is 27.7. The number of hydrogen-bond acceptors (Lipinski definition) is 7. The number of likely N-dealkylation sites (tertiary alicyclic amines) is 1. The molecule has 2 atom stereocenters. The first kappa shape index (κ1) is 26.6. The number of carbonyl (C=O) groups excluding carboxylic acids is 1. The molecule has 11 heteroatoms. The Bertz CT molecular complexity index is 1480. The van der Waals surface area contributed by atoms with Gasteiger partial charge in [0, 0.05) is 49.5 Å². The van der Waals surface area contributed by atoms with Crippen molar-refractivity contribution in [3.05, 3.63) is 60.8 Å². The van der Waals surface area contributed by atoms with Crippen LogP contribution in [0.4, 0.5) is 10.1 Å². The normalized spacial score (nSPS) is 18.4. The maximum atomic E-state index is 15.2. The number of anilines is 1. The standard InChI is InChI=1S/C28H35FN8O2/c1-6-11-37-23-9-7-8-21(32-22-10-12-36(17-20(22)29)28(2,3)4)19(23)13-24(37)26-33-25(39-34-26)15-30-27(38)18-14-31-35(5)16-18/h6-9,13-14,16,20,22,32H,1,10-12,15,17H2,2-5H3,(H,30,38)/t20-,22+/m0/s1. The van der Waals surface area contributed by atoms with Crippen LogP contribution in [-0.2, 0) is 20.1 Å². The number of amides is 1. The van der Waals surface area contributed by atoms with E-state index in [1.54, 1.807) is 24.0 Å². The van der Waals surface area contributed by atoms with Crippen LogP contribution in [0.2, 0.25) is 0 Å². The van der Waals surface area contributed by atoms with E-state index in [9.17, 15) is 4.79 Å². The van der Waals surface area contributed by atoms with E-state index in [-0.39, 0.29) is 29.9 Å². The van der Waals surface area contributed by atoms with Gasteiger partial charge in [-0.1, -0.05) is 17.3 Å². The molecule has 0 unspecified atom stereocenters. The molecule has 0 aliphatic carbocycles. The molecule has 2 N–H and O–H groups in total. The van der Waals surface area contributed by atoms with Gasteiger partial charge in [0.15, 0.2) is 0 Å². The summed E-state index contributed by atoms with van der Waals surface area (Å²) in [5.41, 5.74) is 2.95. The van der Waals surface area contributed by atoms with Crippen molar-refractivity contribution in [3.63, 3.8) is 0 Å². The van der Waals surface area contributed by atoms with Crippen molar-refractivity contribution in [2.24, 2.45) is 7.05 Å². The smallest absolute Gasteiger partial charge is 0.254 e. The number of nitrogens with zero attached hydrogens (tertiary/aromatic N) is 6. The molecule has 3 aromatic heterocycles. The number of piperidine rings is 1. The van der Waals surface area contributed by atoms with Crippen molar-refractivity contribution >= 4 is 22.5 Å². The van der Waals surface area contributed by atoms with Crippen molar-refractivity contribution in [1.29, 1.82) is 0 Å². The van der Waals surface area contributed by atoms with Crippen molar-refractivity contribution in [2.45, 2.75) is 58.0 Å². The summed E-state index contributed by atoms with van der Waals surface area (Å²) in [7, 11) is 1.75. The Morgan fingerprint density at radius 2 is 2.15 bits per heavy atom. The Hall–Kier alpha value is -3.99. The molecule has 0 bridgehead atoms. The summed E-state index contributed by atoms with van der Waals surface area (Å²) in [5, 5.41) is 15.4. The van der Waals surface area contributed by atoms with Gasteiger partial charge in [0.25, 0.3) is 5.91 Å². The van der Waals surface area contributed by atoms with E-state index in [0.717, 1.165) is 28.8 Å². The molecule has 1 saturated heterocycles. The Kier molecular flexibility index (Phi) is 7.26. The maximum absolute atomic E-state index is 15.2. The number of aryl methyl sites for hydroxylation is 1. The van der Waals surface area contributed by atoms with Gasteiger partial charge in [0.2, 0.25) is 11.7 Å². The lowest BCUT2D eigenvalue weighted by Gasteiger charge is -2.42. The molecule has 1 aromatic carbocycles. The van der Waals surface area contributed by atoms with E-state index in [0.29, 0.717) is 30.9 Å². The third-order valence-electron chi connectivity index (χ3n) is 7.15. The minimum atomic E-state index is -0.982. The highest BCUT2D eigenvalue weighted by Crippen LogP contribution is 2.33. The van der Waals surface area contributed by atoms with Gasteiger partial charge < -0.3 is 19.7 Å². The fourth-order valence-electron chi connectivity index (χ4n) is 5.02. The fraction of sp³-hybridized carbons (Fsp3) is 0.429. The predicted molar refractivity (Wildman–Crippen MR) is 148 cm³/mol. The number of allylic oxidation sites excluding steroid dienone is 1. The van der Waals surface area contributed by atoms with E-state index in [1.807, 2.05) is 28.8 Å². The van der Waals surface area contributed by atoms with Crippen molar-refractivity contribution < 1.29 is 13.7 Å². The van der Waals surface area contributed by atoms with E-state index >= 15 is 4.39 Å². The van der Waals surface area contributed by atoms with Crippen molar-refractivity contribution in [1.82, 2.24) is 34.7 Å². The number of hydrogen-bond donors (Lipinski definition) is 2. The van der Waals surface area contributed by atoms with Crippen LogP contribution in [0.3, 0.4) is 0 Å². The summed E-state index contributed by atoms with van der Waals surface area (Å²) >= 11 is 0. The van der Waals surface area contributed by atoms with Gasteiger partial charge in [-0.2, -0.15) is 10.1 Å². The van der Waals surface area contributed by atoms with E-state index in [1.165, 1.54) is 6.20 Å². The lowest BCUT2D eigenvalue weighted by atomic mass is 9.96. The fourth-order valence-corrected chi connectivity index (χ4v) is 5.02. The van der Waals surface area contributed by atoms with Crippen molar-refractivity contribution in [2.75, 3.05) is 18.4 Å². The second-order valence-electron chi connectivity index (χ2n) is 10.9. The highest BCUT2D eigenvalue weighted by atomic mass is 19.1. The number of rotatable bonds is 8. The van der Waals surface area contributed by atoms with Crippen LogP contribution in [-0.4, -0.2) is 66.1 Å². The third-order valence-corrected chi connectivity index (χ3v) is 7.15. The molecule has 1 aliphatic rings. The minimum absolute atomic E-state index is 0.0584. The first-order valence-electron chi connectivity index (χ1n) is 13.1. The van der Waals surface area contributed by atoms with E-state index in [2.05, 4.69) is 58.1 Å². The zero-order valence-electron chi connectivity index (χ0n) is 22.8. The van der Waals surface area contributed by atoms with Gasteiger partial charge in [-0.15, -0.1) is 6.58 Å². The number of fused-ring (bicyclic) bond motifs is 1. The molecule has 4 aromatic rings. The average Bonchev–Trinajstić information content (AvgIpc) is 3.63. The molecular weight excluding hydrogens is 499 g/mol. The third kappa shape index (κ3) is 5.58. The Morgan fingerprint density at radius 1 is 1.33 bits per heavy atom. The van der Waals surface area contributed by atoms with Crippen LogP contribution in [0.25, 0.3) is 22.4 Å². The second kappa shape index (κ2) is 10.6. The van der Waals surface area contributed by atoms with Crippen molar-refractivity contribution in [3.8, 4) is 11.5 Å². The summed E-state index contributed by atoms with van der Waals surface area (Å²) in [6, 6.07) is 7.66. The van der Waals surface area contributed by atoms with Crippen LogP contribution >= 0.6 is 0 Å². The Morgan fingerprint density at radius 3 is 2.85 bits per heavy atom. The molecule has 39 heavy (non-hydrogen) atoms. The molecule has 1 aliphatic heterocycles. The summed E-state index contributed by atoms with van der Waals surface area (Å²) in [6.07, 6.45) is 4.66. The van der Waals surface area contributed by atoms with Crippen LogP contribution < -0.4 is 10.6 Å². The monoisotopic (exact) mass is 534 g/mol. The largest absolute Gasteiger partial charge is 0.379 e. The minimum Gasteiger partial charge on any atom is -0.379 e. The van der Waals surface area contributed by atoms with Crippen LogP contribution in [0.5, 0.6) is 0 Å². The molecular formula is C28H35FN8O2. The Balaban J connectivity index is 1.37. The number of nitrogens with one attached hydrogen (secondary N) is 2. The maximum Gasteiger partial charge on any atom is 0.254 e. The van der Waals surface area contributed by atoms with Gasteiger partial charge in [-0.25, -0.2) is 4.39 Å². The van der Waals surface area contributed by atoms with E-state index < -0.39 is 6.17 Å². The van der Waals surface area contributed by atoms with Crippen LogP contribution in [0.1, 0.15) is 43.4 Å². The van der Waals surface area contributed by atoms with Gasteiger partial charge >= 0.3 is 0 Å². The molecule has 5 rings (SSSR count).